The molecule has 2 fully saturated rings. The van der Waals surface area contributed by atoms with Crippen molar-refractivity contribution in [2.75, 3.05) is 6.61 Å². The minimum Gasteiger partial charge on any atom is -0.481 e. The number of carbonyl (C=O) groups is 2. The SMILES string of the molecule is CC1(C)C(C=C2CCOC2=O)(c2coc(Cc3ccccc3)c2)[C@]1(C)C(=O)O. The summed E-state index contributed by atoms with van der Waals surface area (Å²) in [6, 6.07) is 11.9. The summed E-state index contributed by atoms with van der Waals surface area (Å²) >= 11 is 0. The summed E-state index contributed by atoms with van der Waals surface area (Å²) in [6.07, 6.45) is 4.60. The molecule has 5 heteroatoms. The van der Waals surface area contributed by atoms with E-state index in [-0.39, 0.29) is 5.97 Å². The number of furan rings is 1. The number of aliphatic carboxylic acids is 1. The third kappa shape index (κ3) is 2.32. The minimum absolute atomic E-state index is 0.343. The minimum atomic E-state index is -1.05. The van der Waals surface area contributed by atoms with Gasteiger partial charge in [0, 0.05) is 29.4 Å². The molecular formula is C23H24O5. The van der Waals surface area contributed by atoms with E-state index in [1.807, 2.05) is 56.3 Å². The second-order valence-corrected chi connectivity index (χ2v) is 8.38. The Morgan fingerprint density at radius 1 is 1.21 bits per heavy atom. The van der Waals surface area contributed by atoms with E-state index < -0.39 is 22.2 Å². The van der Waals surface area contributed by atoms with Gasteiger partial charge in [0.05, 0.1) is 18.3 Å². The van der Waals surface area contributed by atoms with E-state index in [2.05, 4.69) is 0 Å². The third-order valence-electron chi connectivity index (χ3n) is 6.98. The molecule has 0 spiro atoms. The Hall–Kier alpha value is -2.82. The van der Waals surface area contributed by atoms with Crippen molar-refractivity contribution in [2.45, 2.75) is 39.0 Å². The van der Waals surface area contributed by atoms with Crippen molar-refractivity contribution in [3.63, 3.8) is 0 Å². The summed E-state index contributed by atoms with van der Waals surface area (Å²) in [5, 5.41) is 10.1. The first-order chi connectivity index (χ1) is 13.2. The molecule has 1 aromatic carbocycles. The van der Waals surface area contributed by atoms with E-state index in [0.717, 1.165) is 16.9 Å². The first-order valence-electron chi connectivity index (χ1n) is 9.48. The first kappa shape index (κ1) is 18.5. The fraction of sp³-hybridized carbons (Fsp3) is 0.391. The standard InChI is InChI=1S/C23H24O5/c1-21(2)22(3,20(25)26)23(21,13-16-9-10-27-19(16)24)17-12-18(28-14-17)11-15-7-5-4-6-8-15/h4-8,12-14H,9-11H2,1-3H3,(H,25,26)/t22-,23?/m1/s1. The number of ether oxygens (including phenoxy) is 1. The maximum Gasteiger partial charge on any atom is 0.333 e. The molecule has 1 N–H and O–H groups in total. The number of esters is 1. The van der Waals surface area contributed by atoms with Gasteiger partial charge in [-0.1, -0.05) is 50.3 Å². The topological polar surface area (TPSA) is 76.7 Å². The molecule has 0 radical (unpaired) electrons. The summed E-state index contributed by atoms with van der Waals surface area (Å²) in [6.45, 7) is 5.96. The smallest absolute Gasteiger partial charge is 0.333 e. The Labute approximate surface area is 164 Å². The van der Waals surface area contributed by atoms with E-state index in [1.165, 1.54) is 0 Å². The summed E-state index contributed by atoms with van der Waals surface area (Å²) < 4.78 is 10.9. The van der Waals surface area contributed by atoms with Gasteiger partial charge in [-0.2, -0.15) is 0 Å². The summed E-state index contributed by atoms with van der Waals surface area (Å²) in [7, 11) is 0. The lowest BCUT2D eigenvalue weighted by atomic mass is 9.84. The van der Waals surface area contributed by atoms with E-state index in [0.29, 0.717) is 25.0 Å². The number of allylic oxidation sites excluding steroid dienone is 1. The van der Waals surface area contributed by atoms with Crippen molar-refractivity contribution in [2.24, 2.45) is 10.8 Å². The van der Waals surface area contributed by atoms with Crippen molar-refractivity contribution >= 4 is 11.9 Å². The van der Waals surface area contributed by atoms with Crippen LogP contribution in [-0.2, 0) is 26.2 Å². The van der Waals surface area contributed by atoms with Crippen LogP contribution in [0.3, 0.4) is 0 Å². The van der Waals surface area contributed by atoms with Gasteiger partial charge in [-0.05, 0) is 24.0 Å². The van der Waals surface area contributed by atoms with Crippen molar-refractivity contribution in [3.05, 3.63) is 71.2 Å². The molecule has 2 atom stereocenters. The fourth-order valence-electron chi connectivity index (χ4n) is 4.94. The van der Waals surface area contributed by atoms with Crippen LogP contribution in [0.25, 0.3) is 0 Å². The van der Waals surface area contributed by atoms with Gasteiger partial charge in [-0.25, -0.2) is 4.79 Å². The summed E-state index contributed by atoms with van der Waals surface area (Å²) in [4.78, 5) is 24.4. The van der Waals surface area contributed by atoms with Crippen LogP contribution in [0.4, 0.5) is 0 Å². The van der Waals surface area contributed by atoms with E-state index >= 15 is 0 Å². The number of rotatable bonds is 5. The van der Waals surface area contributed by atoms with Gasteiger partial charge in [-0.3, -0.25) is 4.79 Å². The van der Waals surface area contributed by atoms with Crippen LogP contribution < -0.4 is 0 Å². The normalized spacial score (nSPS) is 29.7. The molecule has 28 heavy (non-hydrogen) atoms. The zero-order valence-electron chi connectivity index (χ0n) is 16.3. The lowest BCUT2D eigenvalue weighted by Gasteiger charge is -2.16. The predicted octanol–water partition coefficient (Wildman–Crippen LogP) is 4.11. The average Bonchev–Trinajstić information content (AvgIpc) is 3.12. The molecule has 1 aliphatic heterocycles. The Kier molecular flexibility index (Phi) is 4.03. The largest absolute Gasteiger partial charge is 0.481 e. The third-order valence-corrected chi connectivity index (χ3v) is 6.98. The molecule has 5 nitrogen and oxygen atoms in total. The number of carbonyl (C=O) groups excluding carboxylic acids is 1. The maximum atomic E-state index is 12.3. The lowest BCUT2D eigenvalue weighted by molar-refractivity contribution is -0.144. The molecule has 4 rings (SSSR count). The molecule has 1 unspecified atom stereocenters. The highest BCUT2D eigenvalue weighted by Gasteiger charge is 2.83. The highest BCUT2D eigenvalue weighted by atomic mass is 16.5. The molecule has 0 bridgehead atoms. The van der Waals surface area contributed by atoms with Gasteiger partial charge in [-0.15, -0.1) is 0 Å². The van der Waals surface area contributed by atoms with Crippen LogP contribution in [0.15, 0.2) is 58.7 Å². The molecule has 1 aliphatic carbocycles. The van der Waals surface area contributed by atoms with E-state index in [1.54, 1.807) is 13.2 Å². The Balaban J connectivity index is 1.78. The molecule has 0 amide bonds. The van der Waals surface area contributed by atoms with Crippen molar-refractivity contribution < 1.29 is 23.8 Å². The van der Waals surface area contributed by atoms with Crippen LogP contribution in [0.5, 0.6) is 0 Å². The van der Waals surface area contributed by atoms with Gasteiger partial charge < -0.3 is 14.3 Å². The van der Waals surface area contributed by atoms with Crippen LogP contribution in [-0.4, -0.2) is 23.7 Å². The van der Waals surface area contributed by atoms with Gasteiger partial charge in [0.25, 0.3) is 0 Å². The highest BCUT2D eigenvalue weighted by molar-refractivity contribution is 5.93. The number of carboxylic acid groups (broad SMARTS) is 1. The average molecular weight is 380 g/mol. The van der Waals surface area contributed by atoms with Crippen molar-refractivity contribution in [1.29, 1.82) is 0 Å². The molecule has 146 valence electrons. The molecule has 1 saturated heterocycles. The highest BCUT2D eigenvalue weighted by Crippen LogP contribution is 2.79. The second-order valence-electron chi connectivity index (χ2n) is 8.38. The van der Waals surface area contributed by atoms with E-state index in [4.69, 9.17) is 9.15 Å². The number of carboxylic acids is 1. The zero-order valence-corrected chi connectivity index (χ0v) is 16.3. The van der Waals surface area contributed by atoms with E-state index in [9.17, 15) is 14.7 Å². The molecular weight excluding hydrogens is 356 g/mol. The first-order valence-corrected chi connectivity index (χ1v) is 9.48. The van der Waals surface area contributed by atoms with Crippen LogP contribution in [0, 0.1) is 10.8 Å². The summed E-state index contributed by atoms with van der Waals surface area (Å²) in [5.41, 5.74) is -0.0156. The second kappa shape index (κ2) is 6.09. The van der Waals surface area contributed by atoms with Gasteiger partial charge in [0.15, 0.2) is 0 Å². The molecule has 2 heterocycles. The molecule has 2 aromatic rings. The molecule has 1 saturated carbocycles. The molecule has 2 aliphatic rings. The summed E-state index contributed by atoms with van der Waals surface area (Å²) in [5.74, 6) is -0.474. The Morgan fingerprint density at radius 3 is 2.50 bits per heavy atom. The van der Waals surface area contributed by atoms with Crippen LogP contribution in [0.1, 0.15) is 44.1 Å². The number of hydrogen-bond donors (Lipinski definition) is 1. The Morgan fingerprint density at radius 2 is 1.93 bits per heavy atom. The molecule has 1 aromatic heterocycles. The van der Waals surface area contributed by atoms with Crippen molar-refractivity contribution in [1.82, 2.24) is 0 Å². The number of cyclic esters (lactones) is 1. The number of hydrogen-bond acceptors (Lipinski definition) is 4. The van der Waals surface area contributed by atoms with Gasteiger partial charge in [0.2, 0.25) is 0 Å². The monoisotopic (exact) mass is 380 g/mol. The quantitative estimate of drug-likeness (QED) is 0.624. The zero-order chi connectivity index (χ0) is 20.2. The lowest BCUT2D eigenvalue weighted by Crippen LogP contribution is -2.22. The maximum absolute atomic E-state index is 12.3. The van der Waals surface area contributed by atoms with Gasteiger partial charge in [0.1, 0.15) is 5.76 Å². The van der Waals surface area contributed by atoms with Crippen molar-refractivity contribution in [3.8, 4) is 0 Å². The fourth-order valence-corrected chi connectivity index (χ4v) is 4.94. The van der Waals surface area contributed by atoms with Crippen LogP contribution >= 0.6 is 0 Å². The van der Waals surface area contributed by atoms with Crippen LogP contribution in [0.2, 0.25) is 0 Å². The number of benzene rings is 1. The van der Waals surface area contributed by atoms with Gasteiger partial charge >= 0.3 is 11.9 Å². The predicted molar refractivity (Wildman–Crippen MR) is 103 cm³/mol. The Bertz CT molecular complexity index is 968.